The van der Waals surface area contributed by atoms with Gasteiger partial charge in [0.2, 0.25) is 0 Å². The van der Waals surface area contributed by atoms with E-state index in [1.165, 1.54) is 4.90 Å². The third-order valence-corrected chi connectivity index (χ3v) is 3.54. The summed E-state index contributed by atoms with van der Waals surface area (Å²) in [5, 5.41) is 21.4. The van der Waals surface area contributed by atoms with E-state index in [-0.39, 0.29) is 13.0 Å². The van der Waals surface area contributed by atoms with Crippen molar-refractivity contribution in [2.75, 3.05) is 11.9 Å². The van der Waals surface area contributed by atoms with E-state index < -0.39 is 24.1 Å². The van der Waals surface area contributed by atoms with Crippen LogP contribution in [0.25, 0.3) is 0 Å². The van der Waals surface area contributed by atoms with Crippen LogP contribution >= 0.6 is 0 Å². The van der Waals surface area contributed by atoms with E-state index in [4.69, 9.17) is 5.11 Å². The van der Waals surface area contributed by atoms with Gasteiger partial charge in [0.05, 0.1) is 6.10 Å². The molecule has 6 heteroatoms. The summed E-state index contributed by atoms with van der Waals surface area (Å²) >= 11 is 0. The highest BCUT2D eigenvalue weighted by molar-refractivity contribution is 5.94. The Hall–Kier alpha value is -2.08. The molecule has 1 saturated heterocycles. The van der Waals surface area contributed by atoms with Gasteiger partial charge in [-0.05, 0) is 25.0 Å². The summed E-state index contributed by atoms with van der Waals surface area (Å²) in [5.41, 5.74) is 2.50. The van der Waals surface area contributed by atoms with Crippen LogP contribution in [0.3, 0.4) is 0 Å². The van der Waals surface area contributed by atoms with E-state index in [2.05, 4.69) is 5.32 Å². The third-order valence-electron chi connectivity index (χ3n) is 3.54. The summed E-state index contributed by atoms with van der Waals surface area (Å²) in [6.07, 6.45) is -0.727. The maximum Gasteiger partial charge on any atom is 0.326 e. The summed E-state index contributed by atoms with van der Waals surface area (Å²) < 4.78 is 0. The van der Waals surface area contributed by atoms with Gasteiger partial charge in [-0.3, -0.25) is 0 Å². The molecule has 108 valence electrons. The Bertz CT molecular complexity index is 524. The third kappa shape index (κ3) is 2.75. The number of carboxylic acid groups (broad SMARTS) is 1. The number of likely N-dealkylation sites (tertiary alicyclic amines) is 1. The number of rotatable bonds is 2. The van der Waals surface area contributed by atoms with E-state index in [9.17, 15) is 14.7 Å². The second kappa shape index (κ2) is 5.50. The average molecular weight is 278 g/mol. The molecule has 3 N–H and O–H groups in total. The molecule has 0 saturated carbocycles. The Morgan fingerprint density at radius 1 is 1.30 bits per heavy atom. The quantitative estimate of drug-likeness (QED) is 0.762. The van der Waals surface area contributed by atoms with Crippen molar-refractivity contribution in [3.05, 3.63) is 29.3 Å². The molecule has 20 heavy (non-hydrogen) atoms. The van der Waals surface area contributed by atoms with Gasteiger partial charge in [-0.15, -0.1) is 0 Å². The molecule has 1 aliphatic rings. The van der Waals surface area contributed by atoms with Crippen LogP contribution in [-0.2, 0) is 4.79 Å². The zero-order valence-corrected chi connectivity index (χ0v) is 11.5. The lowest BCUT2D eigenvalue weighted by molar-refractivity contribution is -0.141. The molecule has 1 fully saturated rings. The van der Waals surface area contributed by atoms with Crippen LogP contribution < -0.4 is 5.32 Å². The maximum atomic E-state index is 12.2. The Morgan fingerprint density at radius 2 is 1.90 bits per heavy atom. The van der Waals surface area contributed by atoms with Crippen molar-refractivity contribution in [2.45, 2.75) is 32.4 Å². The van der Waals surface area contributed by atoms with E-state index >= 15 is 0 Å². The summed E-state index contributed by atoms with van der Waals surface area (Å²) in [6, 6.07) is 4.16. The number of aliphatic hydroxyl groups excluding tert-OH is 1. The molecule has 2 rings (SSSR count). The number of nitrogens with zero attached hydrogens (tertiary/aromatic N) is 1. The number of carboxylic acids is 1. The number of hydrogen-bond donors (Lipinski definition) is 3. The molecule has 0 spiro atoms. The van der Waals surface area contributed by atoms with Gasteiger partial charge in [0.15, 0.2) is 0 Å². The maximum absolute atomic E-state index is 12.2. The highest BCUT2D eigenvalue weighted by Gasteiger charge is 2.39. The first-order valence-corrected chi connectivity index (χ1v) is 6.45. The zero-order chi connectivity index (χ0) is 14.9. The molecular formula is C14H18N2O4. The molecule has 0 aliphatic carbocycles. The molecule has 6 nitrogen and oxygen atoms in total. The van der Waals surface area contributed by atoms with E-state index in [1.807, 2.05) is 32.0 Å². The van der Waals surface area contributed by atoms with Gasteiger partial charge in [0, 0.05) is 18.7 Å². The second-order valence-corrected chi connectivity index (χ2v) is 5.09. The number of para-hydroxylation sites is 1. The summed E-state index contributed by atoms with van der Waals surface area (Å²) in [6.45, 7) is 3.78. The highest BCUT2D eigenvalue weighted by Crippen LogP contribution is 2.23. The number of hydrogen-bond acceptors (Lipinski definition) is 3. The van der Waals surface area contributed by atoms with Gasteiger partial charge in [-0.1, -0.05) is 18.2 Å². The fourth-order valence-corrected chi connectivity index (χ4v) is 2.46. The minimum absolute atomic E-state index is 0.0354. The molecule has 0 radical (unpaired) electrons. The predicted octanol–water partition coefficient (Wildman–Crippen LogP) is 1.36. The van der Waals surface area contributed by atoms with Crippen molar-refractivity contribution in [1.82, 2.24) is 4.90 Å². The molecule has 1 aromatic rings. The zero-order valence-electron chi connectivity index (χ0n) is 11.5. The number of urea groups is 1. The first kappa shape index (κ1) is 14.3. The highest BCUT2D eigenvalue weighted by atomic mass is 16.4. The number of β-amino-alcohol motifs (C(OH)–C–C–N with tert-alkyl or cyclic N) is 1. The molecular weight excluding hydrogens is 260 g/mol. The van der Waals surface area contributed by atoms with Crippen LogP contribution in [-0.4, -0.2) is 45.8 Å². The van der Waals surface area contributed by atoms with Crippen molar-refractivity contribution in [1.29, 1.82) is 0 Å². The predicted molar refractivity (Wildman–Crippen MR) is 73.7 cm³/mol. The standard InChI is InChI=1S/C14H18N2O4/c1-8-4-3-5-9(2)12(8)15-14(20)16-7-10(17)6-11(16)13(18)19/h3-5,10-11,17H,6-7H2,1-2H3,(H,15,20)(H,18,19)/t10-,11-/m1/s1. The number of benzene rings is 1. The van der Waals surface area contributed by atoms with Crippen molar-refractivity contribution in [3.63, 3.8) is 0 Å². The minimum Gasteiger partial charge on any atom is -0.480 e. The lowest BCUT2D eigenvalue weighted by Gasteiger charge is -2.22. The van der Waals surface area contributed by atoms with Crippen LogP contribution in [0.1, 0.15) is 17.5 Å². The van der Waals surface area contributed by atoms with Gasteiger partial charge in [-0.25, -0.2) is 9.59 Å². The van der Waals surface area contributed by atoms with Crippen molar-refractivity contribution < 1.29 is 19.8 Å². The van der Waals surface area contributed by atoms with Crippen LogP contribution in [0.4, 0.5) is 10.5 Å². The molecule has 0 unspecified atom stereocenters. The van der Waals surface area contributed by atoms with Gasteiger partial charge in [-0.2, -0.15) is 0 Å². The van der Waals surface area contributed by atoms with Gasteiger partial charge in [0.1, 0.15) is 6.04 Å². The first-order valence-electron chi connectivity index (χ1n) is 6.45. The van der Waals surface area contributed by atoms with Crippen LogP contribution in [0.2, 0.25) is 0 Å². The normalized spacial score (nSPS) is 21.9. The summed E-state index contributed by atoms with van der Waals surface area (Å²) in [4.78, 5) is 24.5. The van der Waals surface area contributed by atoms with Crippen LogP contribution in [0.15, 0.2) is 18.2 Å². The van der Waals surface area contributed by atoms with Crippen molar-refractivity contribution >= 4 is 17.7 Å². The SMILES string of the molecule is Cc1cccc(C)c1NC(=O)N1C[C@H](O)C[C@@H]1C(=O)O. The second-order valence-electron chi connectivity index (χ2n) is 5.09. The minimum atomic E-state index is -1.10. The van der Waals surface area contributed by atoms with E-state index in [0.29, 0.717) is 5.69 Å². The molecule has 1 heterocycles. The fraction of sp³-hybridized carbons (Fsp3) is 0.429. The smallest absolute Gasteiger partial charge is 0.326 e. The molecule has 0 aromatic heterocycles. The number of carbonyl (C=O) groups excluding carboxylic acids is 1. The Kier molecular flexibility index (Phi) is 3.94. The molecule has 2 amide bonds. The molecule has 1 aliphatic heterocycles. The number of carbonyl (C=O) groups is 2. The monoisotopic (exact) mass is 278 g/mol. The number of anilines is 1. The lowest BCUT2D eigenvalue weighted by Crippen LogP contribution is -2.43. The van der Waals surface area contributed by atoms with E-state index in [0.717, 1.165) is 11.1 Å². The molecule has 0 bridgehead atoms. The Labute approximate surface area is 117 Å². The van der Waals surface area contributed by atoms with Crippen molar-refractivity contribution in [3.8, 4) is 0 Å². The number of aryl methyl sites for hydroxylation is 2. The van der Waals surface area contributed by atoms with Gasteiger partial charge in [0.25, 0.3) is 0 Å². The number of aliphatic carboxylic acids is 1. The van der Waals surface area contributed by atoms with Gasteiger partial charge < -0.3 is 20.4 Å². The Morgan fingerprint density at radius 3 is 2.45 bits per heavy atom. The summed E-state index contributed by atoms with van der Waals surface area (Å²) in [5.74, 6) is -1.10. The summed E-state index contributed by atoms with van der Waals surface area (Å²) in [7, 11) is 0. The number of amides is 2. The van der Waals surface area contributed by atoms with Gasteiger partial charge >= 0.3 is 12.0 Å². The average Bonchev–Trinajstić information content (AvgIpc) is 2.76. The van der Waals surface area contributed by atoms with Crippen molar-refractivity contribution in [2.24, 2.45) is 0 Å². The number of nitrogens with one attached hydrogen (secondary N) is 1. The number of aliphatic hydroxyl groups is 1. The lowest BCUT2D eigenvalue weighted by atomic mass is 10.1. The largest absolute Gasteiger partial charge is 0.480 e. The first-order chi connectivity index (χ1) is 9.40. The fourth-order valence-electron chi connectivity index (χ4n) is 2.46. The molecule has 2 atom stereocenters. The van der Waals surface area contributed by atoms with Crippen LogP contribution in [0.5, 0.6) is 0 Å². The van der Waals surface area contributed by atoms with E-state index in [1.54, 1.807) is 0 Å². The Balaban J connectivity index is 2.18. The topological polar surface area (TPSA) is 89.9 Å². The molecule has 1 aromatic carbocycles. The van der Waals surface area contributed by atoms with Crippen LogP contribution in [0, 0.1) is 13.8 Å².